The van der Waals surface area contributed by atoms with Gasteiger partial charge in [0.15, 0.2) is 0 Å². The summed E-state index contributed by atoms with van der Waals surface area (Å²) in [4.78, 5) is 15.2. The summed E-state index contributed by atoms with van der Waals surface area (Å²) in [5.74, 6) is 0.184. The molecule has 0 spiro atoms. The van der Waals surface area contributed by atoms with E-state index in [1.54, 1.807) is 3.56 Å². The minimum absolute atomic E-state index is 0.0796. The molecule has 102 valence electrons. The van der Waals surface area contributed by atoms with Gasteiger partial charge in [0.05, 0.1) is 0 Å². The van der Waals surface area contributed by atoms with E-state index in [1.807, 2.05) is 24.3 Å². The number of aromatic nitrogens is 1. The normalized spacial score (nSPS) is 15.2. The van der Waals surface area contributed by atoms with Gasteiger partial charge in [0, 0.05) is 0 Å². The van der Waals surface area contributed by atoms with E-state index >= 15 is 0 Å². The first kappa shape index (κ1) is 13.5. The van der Waals surface area contributed by atoms with Crippen molar-refractivity contribution in [3.05, 3.63) is 50.3 Å². The first-order valence-corrected chi connectivity index (χ1v) is 7.96. The number of aliphatic imine (C=N–C) groups is 1. The Morgan fingerprint density at radius 3 is 2.90 bits per heavy atom. The van der Waals surface area contributed by atoms with E-state index in [0.29, 0.717) is 4.64 Å². The summed E-state index contributed by atoms with van der Waals surface area (Å²) in [5.41, 5.74) is 0. The molecule has 0 fully saturated rings. The van der Waals surface area contributed by atoms with Gasteiger partial charge in [-0.25, -0.2) is 0 Å². The van der Waals surface area contributed by atoms with Crippen LogP contribution in [0.4, 0.5) is 0 Å². The topological polar surface area (TPSA) is 63.7 Å². The van der Waals surface area contributed by atoms with E-state index in [9.17, 15) is 10.1 Å². The van der Waals surface area contributed by atoms with Crippen molar-refractivity contribution in [1.29, 1.82) is 0 Å². The molecule has 0 amide bonds. The fourth-order valence-corrected chi connectivity index (χ4v) is 4.67. The summed E-state index contributed by atoms with van der Waals surface area (Å²) in [5, 5.41) is 12.7. The van der Waals surface area contributed by atoms with Crippen LogP contribution in [0.5, 0.6) is 0 Å². The Morgan fingerprint density at radius 1 is 1.45 bits per heavy atom. The molecule has 1 aliphatic heterocycles. The molecule has 0 radical (unpaired) electrons. The summed E-state index contributed by atoms with van der Waals surface area (Å²) in [6, 6.07) is 7.70. The Kier molecular flexibility index (Phi) is 3.47. The summed E-state index contributed by atoms with van der Waals surface area (Å²) in [6.45, 7) is 0.0796. The van der Waals surface area contributed by atoms with Crippen LogP contribution < -0.4 is 0 Å². The third kappa shape index (κ3) is 2.20. The molecule has 0 saturated carbocycles. The number of nitro groups is 1. The van der Waals surface area contributed by atoms with Crippen LogP contribution in [0.25, 0.3) is 9.65 Å². The molecule has 0 aliphatic carbocycles. The molecule has 2 heterocycles. The zero-order chi connectivity index (χ0) is 14.3. The van der Waals surface area contributed by atoms with E-state index in [2.05, 4.69) is 4.99 Å². The number of fused-ring (bicyclic) bond motifs is 1. The number of nitrogens with zero attached hydrogens (tertiary/aromatic N) is 4. The van der Waals surface area contributed by atoms with Crippen molar-refractivity contribution in [3.63, 3.8) is 0 Å². The first-order valence-electron chi connectivity index (χ1n) is 5.55. The molecule has 9 heteroatoms. The van der Waals surface area contributed by atoms with E-state index in [4.69, 9.17) is 23.8 Å². The average molecular weight is 374 g/mol. The van der Waals surface area contributed by atoms with E-state index in [-0.39, 0.29) is 32.4 Å². The Morgan fingerprint density at radius 2 is 2.20 bits per heavy atom. The fourth-order valence-electron chi connectivity index (χ4n) is 1.84. The molecule has 6 nitrogen and oxygen atoms in total. The standard InChI is InChI=1S/C11H7ClN4O2SSe/c12-9-5-6-14(16(17)18)11(13-9)15-10(19)7-3-1-2-4-8(7)20-15/h1-5H,6H2. The molecule has 1 aliphatic rings. The van der Waals surface area contributed by atoms with Crippen LogP contribution in [0.15, 0.2) is 40.5 Å². The molecule has 3 rings (SSSR count). The van der Waals surface area contributed by atoms with E-state index in [0.717, 1.165) is 14.7 Å². The molecule has 0 saturated heterocycles. The second-order valence-corrected chi connectivity index (χ2v) is 6.79. The van der Waals surface area contributed by atoms with Gasteiger partial charge in [-0.2, -0.15) is 0 Å². The molecule has 0 N–H and O–H groups in total. The zero-order valence-electron chi connectivity index (χ0n) is 9.89. The molecule has 20 heavy (non-hydrogen) atoms. The summed E-state index contributed by atoms with van der Waals surface area (Å²) in [6.07, 6.45) is 1.49. The van der Waals surface area contributed by atoms with Gasteiger partial charge in [0.2, 0.25) is 0 Å². The second-order valence-electron chi connectivity index (χ2n) is 3.95. The molecule has 1 aromatic carbocycles. The van der Waals surface area contributed by atoms with Crippen molar-refractivity contribution < 1.29 is 5.03 Å². The fraction of sp³-hybridized carbons (Fsp3) is 0.0909. The van der Waals surface area contributed by atoms with Gasteiger partial charge in [0.25, 0.3) is 0 Å². The first-order chi connectivity index (χ1) is 9.58. The molecule has 0 bridgehead atoms. The molecule has 2 aromatic rings. The van der Waals surface area contributed by atoms with Crippen LogP contribution in [-0.2, 0) is 0 Å². The maximum atomic E-state index is 11.1. The van der Waals surface area contributed by atoms with Gasteiger partial charge >= 0.3 is 130 Å². The van der Waals surface area contributed by atoms with Crippen molar-refractivity contribution in [2.75, 3.05) is 6.54 Å². The predicted octanol–water partition coefficient (Wildman–Crippen LogP) is 2.22. The molecular weight excluding hydrogens is 367 g/mol. The van der Waals surface area contributed by atoms with Gasteiger partial charge in [-0.1, -0.05) is 0 Å². The Bertz CT molecular complexity index is 825. The van der Waals surface area contributed by atoms with Crippen molar-refractivity contribution in [2.24, 2.45) is 4.99 Å². The SMILES string of the molecule is O=[N+]([O-])N1CC=C(Cl)N=C1n1[se]c2ccccc2c1=S. The van der Waals surface area contributed by atoms with Crippen LogP contribution in [0.2, 0.25) is 0 Å². The van der Waals surface area contributed by atoms with E-state index in [1.165, 1.54) is 6.08 Å². The quantitative estimate of drug-likeness (QED) is 0.253. The van der Waals surface area contributed by atoms with E-state index < -0.39 is 5.03 Å². The molecule has 1 aromatic heterocycles. The number of hydrogen-bond acceptors (Lipinski definition) is 4. The van der Waals surface area contributed by atoms with Crippen LogP contribution in [0, 0.1) is 14.8 Å². The van der Waals surface area contributed by atoms with Crippen LogP contribution in [0.1, 0.15) is 0 Å². The maximum absolute atomic E-state index is 11.1. The molecular formula is C11H7ClN4O2SSe. The van der Waals surface area contributed by atoms with Crippen molar-refractivity contribution in [2.45, 2.75) is 0 Å². The van der Waals surface area contributed by atoms with Crippen LogP contribution >= 0.6 is 23.8 Å². The van der Waals surface area contributed by atoms with Gasteiger partial charge in [-0.15, -0.1) is 0 Å². The number of hydrogen-bond donors (Lipinski definition) is 0. The monoisotopic (exact) mass is 374 g/mol. The Hall–Kier alpha value is -1.47. The van der Waals surface area contributed by atoms with Gasteiger partial charge < -0.3 is 0 Å². The summed E-state index contributed by atoms with van der Waals surface area (Å²) < 4.78 is 3.34. The van der Waals surface area contributed by atoms with Gasteiger partial charge in [-0.05, 0) is 0 Å². The number of hydrazine groups is 1. The third-order valence-corrected chi connectivity index (χ3v) is 5.91. The molecule has 0 unspecified atom stereocenters. The zero-order valence-corrected chi connectivity index (χ0v) is 13.2. The van der Waals surface area contributed by atoms with Crippen LogP contribution in [0.3, 0.4) is 0 Å². The Balaban J connectivity index is 2.22. The van der Waals surface area contributed by atoms with Gasteiger partial charge in [0.1, 0.15) is 0 Å². The molecule has 0 atom stereocenters. The number of rotatable bonds is 1. The minimum atomic E-state index is -0.500. The number of halogens is 1. The predicted molar refractivity (Wildman–Crippen MR) is 80.2 cm³/mol. The third-order valence-electron chi connectivity index (χ3n) is 2.74. The van der Waals surface area contributed by atoms with Crippen molar-refractivity contribution in [1.82, 2.24) is 8.57 Å². The van der Waals surface area contributed by atoms with Crippen molar-refractivity contribution in [3.8, 4) is 0 Å². The van der Waals surface area contributed by atoms with Crippen molar-refractivity contribution >= 4 is 54.2 Å². The van der Waals surface area contributed by atoms with Crippen LogP contribution in [-0.4, -0.2) is 40.8 Å². The average Bonchev–Trinajstić information content (AvgIpc) is 2.76. The number of benzene rings is 1. The van der Waals surface area contributed by atoms with Gasteiger partial charge in [-0.3, -0.25) is 0 Å². The summed E-state index contributed by atoms with van der Waals surface area (Å²) in [7, 11) is 0. The second kappa shape index (κ2) is 5.14. The summed E-state index contributed by atoms with van der Waals surface area (Å²) >= 11 is 11.1. The Labute approximate surface area is 129 Å².